The van der Waals surface area contributed by atoms with Crippen LogP contribution in [0.2, 0.25) is 0 Å². The summed E-state index contributed by atoms with van der Waals surface area (Å²) in [5.74, 6) is 1.56. The van der Waals surface area contributed by atoms with Gasteiger partial charge in [-0.15, -0.1) is 0 Å². The van der Waals surface area contributed by atoms with Crippen LogP contribution in [0.25, 0.3) is 0 Å². The molecule has 118 valence electrons. The minimum absolute atomic E-state index is 0.00856. The molecule has 2 rings (SSSR count). The van der Waals surface area contributed by atoms with Crippen molar-refractivity contribution >= 4 is 11.8 Å². The smallest absolute Gasteiger partial charge is 0.224 e. The van der Waals surface area contributed by atoms with Crippen LogP contribution >= 0.6 is 0 Å². The van der Waals surface area contributed by atoms with E-state index in [1.54, 1.807) is 0 Å². The Morgan fingerprint density at radius 3 is 2.45 bits per heavy atom. The first-order valence-corrected chi connectivity index (χ1v) is 7.84. The highest BCUT2D eigenvalue weighted by atomic mass is 15.2. The van der Waals surface area contributed by atoms with Crippen LogP contribution in [0.4, 0.5) is 11.8 Å². The predicted octanol–water partition coefficient (Wildman–Crippen LogP) is 4.04. The van der Waals surface area contributed by atoms with Gasteiger partial charge in [0, 0.05) is 23.8 Å². The van der Waals surface area contributed by atoms with Crippen LogP contribution in [-0.2, 0) is 6.42 Å². The summed E-state index contributed by atoms with van der Waals surface area (Å²) in [6.45, 7) is 9.23. The maximum Gasteiger partial charge on any atom is 0.224 e. The summed E-state index contributed by atoms with van der Waals surface area (Å²) in [5, 5.41) is 6.71. The fourth-order valence-corrected chi connectivity index (χ4v) is 2.23. The second-order valence-electron chi connectivity index (χ2n) is 6.61. The molecule has 4 nitrogen and oxygen atoms in total. The lowest BCUT2D eigenvalue weighted by molar-refractivity contribution is 0.630. The number of rotatable bonds is 6. The quantitative estimate of drug-likeness (QED) is 0.790. The lowest BCUT2D eigenvalue weighted by Gasteiger charge is -2.21. The van der Waals surface area contributed by atoms with Gasteiger partial charge in [0.05, 0.1) is 0 Å². The van der Waals surface area contributed by atoms with E-state index in [-0.39, 0.29) is 5.54 Å². The van der Waals surface area contributed by atoms with Crippen LogP contribution in [0.1, 0.15) is 38.4 Å². The Labute approximate surface area is 133 Å². The van der Waals surface area contributed by atoms with Crippen molar-refractivity contribution in [2.24, 2.45) is 0 Å². The van der Waals surface area contributed by atoms with E-state index in [0.717, 1.165) is 30.9 Å². The van der Waals surface area contributed by atoms with Gasteiger partial charge < -0.3 is 10.6 Å². The van der Waals surface area contributed by atoms with Crippen LogP contribution in [0.5, 0.6) is 0 Å². The largest absolute Gasteiger partial charge is 0.365 e. The molecule has 0 unspecified atom stereocenters. The Kier molecular flexibility index (Phi) is 5.36. The first kappa shape index (κ1) is 16.3. The van der Waals surface area contributed by atoms with Crippen molar-refractivity contribution in [1.82, 2.24) is 9.97 Å². The summed E-state index contributed by atoms with van der Waals surface area (Å²) in [6, 6.07) is 12.5. The minimum Gasteiger partial charge on any atom is -0.365 e. The molecule has 0 radical (unpaired) electrons. The van der Waals surface area contributed by atoms with Gasteiger partial charge in [0.15, 0.2) is 0 Å². The van der Waals surface area contributed by atoms with Gasteiger partial charge >= 0.3 is 0 Å². The second kappa shape index (κ2) is 7.25. The monoisotopic (exact) mass is 298 g/mol. The zero-order chi connectivity index (χ0) is 16.0. The molecule has 1 aromatic heterocycles. The summed E-state index contributed by atoms with van der Waals surface area (Å²) in [5.41, 5.74) is 2.32. The Hall–Kier alpha value is -2.10. The Morgan fingerprint density at radius 2 is 1.77 bits per heavy atom. The van der Waals surface area contributed by atoms with Crippen molar-refractivity contribution < 1.29 is 0 Å². The molecular formula is C18H26N4. The van der Waals surface area contributed by atoms with Gasteiger partial charge in [0.1, 0.15) is 5.82 Å². The van der Waals surface area contributed by atoms with Crippen molar-refractivity contribution in [3.05, 3.63) is 47.7 Å². The first-order valence-electron chi connectivity index (χ1n) is 7.84. The standard InChI is InChI=1S/C18H26N4/c1-14-13-16(22-18(2,3)4)21-17(20-14)19-12-8-11-15-9-6-5-7-10-15/h5-7,9-10,13H,8,11-12H2,1-4H3,(H2,19,20,21,22). The number of aromatic nitrogens is 2. The number of nitrogens with zero attached hydrogens (tertiary/aromatic N) is 2. The van der Waals surface area contributed by atoms with E-state index in [0.29, 0.717) is 5.95 Å². The Bertz CT molecular complexity index is 588. The fourth-order valence-electron chi connectivity index (χ4n) is 2.23. The van der Waals surface area contributed by atoms with Crippen molar-refractivity contribution in [2.45, 2.75) is 46.1 Å². The van der Waals surface area contributed by atoms with Crippen molar-refractivity contribution in [3.63, 3.8) is 0 Å². The predicted molar refractivity (Wildman–Crippen MR) is 93.4 cm³/mol. The number of benzene rings is 1. The summed E-state index contributed by atoms with van der Waals surface area (Å²) in [4.78, 5) is 8.98. The SMILES string of the molecule is Cc1cc(NC(C)(C)C)nc(NCCCc2ccccc2)n1. The van der Waals surface area contributed by atoms with E-state index in [1.807, 2.05) is 19.1 Å². The zero-order valence-corrected chi connectivity index (χ0v) is 14.0. The van der Waals surface area contributed by atoms with E-state index in [4.69, 9.17) is 0 Å². The summed E-state index contributed by atoms with van der Waals surface area (Å²) in [7, 11) is 0. The van der Waals surface area contributed by atoms with Gasteiger partial charge in [0.25, 0.3) is 0 Å². The summed E-state index contributed by atoms with van der Waals surface area (Å²) >= 11 is 0. The normalized spacial score (nSPS) is 11.3. The molecule has 1 heterocycles. The summed E-state index contributed by atoms with van der Waals surface area (Å²) in [6.07, 6.45) is 2.12. The van der Waals surface area contributed by atoms with Crippen molar-refractivity contribution in [2.75, 3.05) is 17.2 Å². The highest BCUT2D eigenvalue weighted by molar-refractivity contribution is 5.43. The average Bonchev–Trinajstić information content (AvgIpc) is 2.42. The summed E-state index contributed by atoms with van der Waals surface area (Å²) < 4.78 is 0. The molecule has 0 spiro atoms. The van der Waals surface area contributed by atoms with Gasteiger partial charge in [0.2, 0.25) is 5.95 Å². The van der Waals surface area contributed by atoms with Gasteiger partial charge in [-0.05, 0) is 46.1 Å². The van der Waals surface area contributed by atoms with Crippen molar-refractivity contribution in [3.8, 4) is 0 Å². The van der Waals surface area contributed by atoms with Gasteiger partial charge in [-0.25, -0.2) is 4.98 Å². The van der Waals surface area contributed by atoms with Crippen LogP contribution < -0.4 is 10.6 Å². The highest BCUT2D eigenvalue weighted by Gasteiger charge is 2.11. The van der Waals surface area contributed by atoms with E-state index in [9.17, 15) is 0 Å². The molecule has 2 aromatic rings. The number of anilines is 2. The van der Waals surface area contributed by atoms with Crippen LogP contribution in [0, 0.1) is 6.92 Å². The maximum atomic E-state index is 4.53. The molecule has 0 bridgehead atoms. The van der Waals surface area contributed by atoms with Crippen LogP contribution in [0.15, 0.2) is 36.4 Å². The lowest BCUT2D eigenvalue weighted by atomic mass is 10.1. The fraction of sp³-hybridized carbons (Fsp3) is 0.444. The van der Waals surface area contributed by atoms with Gasteiger partial charge in [-0.1, -0.05) is 30.3 Å². The third-order valence-corrected chi connectivity index (χ3v) is 3.13. The maximum absolute atomic E-state index is 4.53. The Morgan fingerprint density at radius 1 is 1.05 bits per heavy atom. The second-order valence-corrected chi connectivity index (χ2v) is 6.61. The highest BCUT2D eigenvalue weighted by Crippen LogP contribution is 2.15. The lowest BCUT2D eigenvalue weighted by Crippen LogP contribution is -2.27. The minimum atomic E-state index is -0.00856. The number of hydrogen-bond acceptors (Lipinski definition) is 4. The molecule has 0 aliphatic heterocycles. The topological polar surface area (TPSA) is 49.8 Å². The molecule has 0 fully saturated rings. The van der Waals surface area contributed by atoms with E-state index in [2.05, 4.69) is 65.6 Å². The van der Waals surface area contributed by atoms with Crippen LogP contribution in [-0.4, -0.2) is 22.1 Å². The first-order chi connectivity index (χ1) is 10.4. The molecule has 0 aliphatic carbocycles. The number of aryl methyl sites for hydroxylation is 2. The van der Waals surface area contributed by atoms with E-state index >= 15 is 0 Å². The molecule has 0 atom stereocenters. The van der Waals surface area contributed by atoms with Crippen molar-refractivity contribution in [1.29, 1.82) is 0 Å². The molecule has 1 aromatic carbocycles. The number of nitrogens with one attached hydrogen (secondary N) is 2. The number of hydrogen-bond donors (Lipinski definition) is 2. The molecule has 22 heavy (non-hydrogen) atoms. The van der Waals surface area contributed by atoms with E-state index in [1.165, 1.54) is 5.56 Å². The van der Waals surface area contributed by atoms with E-state index < -0.39 is 0 Å². The third kappa shape index (κ3) is 5.72. The molecular weight excluding hydrogens is 272 g/mol. The van der Waals surface area contributed by atoms with Crippen LogP contribution in [0.3, 0.4) is 0 Å². The zero-order valence-electron chi connectivity index (χ0n) is 14.0. The molecule has 0 saturated carbocycles. The van der Waals surface area contributed by atoms with Gasteiger partial charge in [-0.3, -0.25) is 0 Å². The molecule has 2 N–H and O–H groups in total. The third-order valence-electron chi connectivity index (χ3n) is 3.13. The average molecular weight is 298 g/mol. The van der Waals surface area contributed by atoms with Gasteiger partial charge in [-0.2, -0.15) is 4.98 Å². The Balaban J connectivity index is 1.87. The molecule has 0 saturated heterocycles. The molecule has 0 aliphatic rings. The molecule has 0 amide bonds. The molecule has 4 heteroatoms.